The normalized spacial score (nSPS) is 11.2. The van der Waals surface area contributed by atoms with E-state index in [1.165, 1.54) is 0 Å². The Kier molecular flexibility index (Phi) is 8.31. The molecule has 32 heavy (non-hydrogen) atoms. The number of nitrogens with one attached hydrogen (secondary N) is 1. The standard InChI is InChI=1S/C26H32N2O3S/c1-18(2)28(19(3)4)13-14-31-24-17-22(11-12-23(24)30-5)27-26(29)21-9-6-8-20(16-21)25-10-7-15-32-25/h6-12,15-19H,13-14H2,1-5H3,(H,27,29). The highest BCUT2D eigenvalue weighted by atomic mass is 32.1. The van der Waals surface area contributed by atoms with Gasteiger partial charge in [0, 0.05) is 40.8 Å². The van der Waals surface area contributed by atoms with Gasteiger partial charge in [-0.3, -0.25) is 9.69 Å². The number of carbonyl (C=O) groups is 1. The maximum absolute atomic E-state index is 12.9. The summed E-state index contributed by atoms with van der Waals surface area (Å²) in [4.78, 5) is 16.4. The summed E-state index contributed by atoms with van der Waals surface area (Å²) in [5.41, 5.74) is 2.31. The summed E-state index contributed by atoms with van der Waals surface area (Å²) in [6.07, 6.45) is 0. The van der Waals surface area contributed by atoms with Crippen molar-refractivity contribution in [1.82, 2.24) is 4.90 Å². The predicted molar refractivity (Wildman–Crippen MR) is 133 cm³/mol. The van der Waals surface area contributed by atoms with E-state index in [-0.39, 0.29) is 5.91 Å². The minimum Gasteiger partial charge on any atom is -0.493 e. The van der Waals surface area contributed by atoms with Crippen LogP contribution in [0.15, 0.2) is 60.0 Å². The molecule has 0 aliphatic carbocycles. The van der Waals surface area contributed by atoms with Crippen molar-refractivity contribution in [2.24, 2.45) is 0 Å². The second kappa shape index (κ2) is 11.2. The number of nitrogens with zero attached hydrogens (tertiary/aromatic N) is 1. The fourth-order valence-corrected chi connectivity index (χ4v) is 4.42. The Bertz CT molecular complexity index is 1010. The number of hydrogen-bond donors (Lipinski definition) is 1. The molecule has 0 unspecified atom stereocenters. The van der Waals surface area contributed by atoms with Gasteiger partial charge in [0.25, 0.3) is 5.91 Å². The number of carbonyl (C=O) groups excluding carboxylic acids is 1. The first-order chi connectivity index (χ1) is 15.4. The van der Waals surface area contributed by atoms with Crippen LogP contribution < -0.4 is 14.8 Å². The van der Waals surface area contributed by atoms with Crippen molar-refractivity contribution >= 4 is 22.9 Å². The monoisotopic (exact) mass is 452 g/mol. The summed E-state index contributed by atoms with van der Waals surface area (Å²) < 4.78 is 11.5. The van der Waals surface area contributed by atoms with Crippen LogP contribution in [0.4, 0.5) is 5.69 Å². The number of ether oxygens (including phenoxy) is 2. The van der Waals surface area contributed by atoms with Gasteiger partial charge in [0.2, 0.25) is 0 Å². The van der Waals surface area contributed by atoms with Crippen molar-refractivity contribution < 1.29 is 14.3 Å². The molecule has 0 aliphatic heterocycles. The summed E-state index contributed by atoms with van der Waals surface area (Å²) in [6.45, 7) is 10.1. The fraction of sp³-hybridized carbons (Fsp3) is 0.346. The molecule has 1 heterocycles. The zero-order valence-electron chi connectivity index (χ0n) is 19.4. The van der Waals surface area contributed by atoms with Crippen LogP contribution in [0.25, 0.3) is 10.4 Å². The topological polar surface area (TPSA) is 50.8 Å². The van der Waals surface area contributed by atoms with E-state index in [9.17, 15) is 4.79 Å². The Morgan fingerprint density at radius 3 is 2.44 bits per heavy atom. The van der Waals surface area contributed by atoms with Crippen molar-refractivity contribution in [3.63, 3.8) is 0 Å². The third-order valence-corrected chi connectivity index (χ3v) is 6.20. The summed E-state index contributed by atoms with van der Waals surface area (Å²) in [5, 5.41) is 5.01. The number of amides is 1. The highest BCUT2D eigenvalue weighted by Gasteiger charge is 2.15. The van der Waals surface area contributed by atoms with Crippen molar-refractivity contribution in [2.75, 3.05) is 25.6 Å². The Hall–Kier alpha value is -2.83. The van der Waals surface area contributed by atoms with E-state index in [1.807, 2.05) is 53.9 Å². The van der Waals surface area contributed by atoms with E-state index in [0.29, 0.717) is 41.4 Å². The molecule has 0 saturated heterocycles. The molecule has 3 aromatic rings. The van der Waals surface area contributed by atoms with Gasteiger partial charge in [-0.05, 0) is 69.0 Å². The molecule has 170 valence electrons. The molecule has 5 nitrogen and oxygen atoms in total. The highest BCUT2D eigenvalue weighted by molar-refractivity contribution is 7.13. The van der Waals surface area contributed by atoms with Crippen LogP contribution in [0.2, 0.25) is 0 Å². The number of rotatable bonds is 10. The summed E-state index contributed by atoms with van der Waals surface area (Å²) >= 11 is 1.65. The Labute approximate surface area is 195 Å². The van der Waals surface area contributed by atoms with E-state index in [4.69, 9.17) is 9.47 Å². The Balaban J connectivity index is 1.70. The smallest absolute Gasteiger partial charge is 0.255 e. The molecule has 1 N–H and O–H groups in total. The molecule has 1 aromatic heterocycles. The Morgan fingerprint density at radius 2 is 1.78 bits per heavy atom. The predicted octanol–water partition coefficient (Wildman–Crippen LogP) is 6.17. The molecule has 6 heteroatoms. The van der Waals surface area contributed by atoms with E-state index >= 15 is 0 Å². The van der Waals surface area contributed by atoms with Crippen molar-refractivity contribution in [3.8, 4) is 21.9 Å². The minimum absolute atomic E-state index is 0.162. The average Bonchev–Trinajstić information content (AvgIpc) is 3.31. The molecule has 0 saturated carbocycles. The molecule has 1 amide bonds. The molecule has 3 rings (SSSR count). The third-order valence-electron chi connectivity index (χ3n) is 5.29. The molecular formula is C26H32N2O3S. The zero-order valence-corrected chi connectivity index (χ0v) is 20.2. The SMILES string of the molecule is COc1ccc(NC(=O)c2cccc(-c3cccs3)c2)cc1OCCN(C(C)C)C(C)C. The van der Waals surface area contributed by atoms with Crippen LogP contribution in [0.1, 0.15) is 38.1 Å². The third kappa shape index (κ3) is 6.11. The lowest BCUT2D eigenvalue weighted by atomic mass is 10.1. The highest BCUT2D eigenvalue weighted by Crippen LogP contribution is 2.31. The number of methoxy groups -OCH3 is 1. The van der Waals surface area contributed by atoms with Crippen LogP contribution in [0, 0.1) is 0 Å². The molecule has 0 aliphatic rings. The average molecular weight is 453 g/mol. The quantitative estimate of drug-likeness (QED) is 0.399. The van der Waals surface area contributed by atoms with E-state index in [2.05, 4.69) is 44.0 Å². The lowest BCUT2D eigenvalue weighted by Crippen LogP contribution is -2.39. The number of thiophene rings is 1. The molecule has 0 spiro atoms. The lowest BCUT2D eigenvalue weighted by Gasteiger charge is -2.30. The van der Waals surface area contributed by atoms with Gasteiger partial charge in [-0.25, -0.2) is 0 Å². The largest absolute Gasteiger partial charge is 0.493 e. The number of hydrogen-bond acceptors (Lipinski definition) is 5. The molecule has 0 fully saturated rings. The van der Waals surface area contributed by atoms with Gasteiger partial charge >= 0.3 is 0 Å². The summed E-state index contributed by atoms with van der Waals surface area (Å²) in [7, 11) is 1.62. The van der Waals surface area contributed by atoms with Crippen molar-refractivity contribution in [2.45, 2.75) is 39.8 Å². The molecule has 0 radical (unpaired) electrons. The van der Waals surface area contributed by atoms with Crippen molar-refractivity contribution in [1.29, 1.82) is 0 Å². The van der Waals surface area contributed by atoms with Crippen molar-refractivity contribution in [3.05, 3.63) is 65.5 Å². The van der Waals surface area contributed by atoms with E-state index in [1.54, 1.807) is 18.4 Å². The van der Waals surface area contributed by atoms with E-state index in [0.717, 1.165) is 17.0 Å². The molecule has 2 aromatic carbocycles. The van der Waals surface area contributed by atoms with Gasteiger partial charge in [-0.15, -0.1) is 11.3 Å². The first-order valence-corrected chi connectivity index (χ1v) is 11.8. The zero-order chi connectivity index (χ0) is 23.1. The van der Waals surface area contributed by atoms with Gasteiger partial charge < -0.3 is 14.8 Å². The molecule has 0 atom stereocenters. The number of anilines is 1. The van der Waals surface area contributed by atoms with Crippen LogP contribution in [0.3, 0.4) is 0 Å². The van der Waals surface area contributed by atoms with Crippen LogP contribution in [-0.4, -0.2) is 43.2 Å². The first kappa shape index (κ1) is 23.8. The maximum Gasteiger partial charge on any atom is 0.255 e. The van der Waals surface area contributed by atoms with Gasteiger partial charge in [0.05, 0.1) is 7.11 Å². The number of benzene rings is 2. The summed E-state index contributed by atoms with van der Waals surface area (Å²) in [5.74, 6) is 1.10. The Morgan fingerprint density at radius 1 is 1.00 bits per heavy atom. The van der Waals surface area contributed by atoms with Gasteiger partial charge in [0.1, 0.15) is 6.61 Å². The van der Waals surface area contributed by atoms with Crippen LogP contribution in [-0.2, 0) is 0 Å². The minimum atomic E-state index is -0.162. The van der Waals surface area contributed by atoms with Gasteiger partial charge in [-0.2, -0.15) is 0 Å². The van der Waals surface area contributed by atoms with Gasteiger partial charge in [0.15, 0.2) is 11.5 Å². The van der Waals surface area contributed by atoms with Crippen LogP contribution >= 0.6 is 11.3 Å². The summed E-state index contributed by atoms with van der Waals surface area (Å²) in [6, 6.07) is 18.0. The molecule has 0 bridgehead atoms. The lowest BCUT2D eigenvalue weighted by molar-refractivity contribution is 0.102. The van der Waals surface area contributed by atoms with E-state index < -0.39 is 0 Å². The fourth-order valence-electron chi connectivity index (χ4n) is 3.70. The molecular weight excluding hydrogens is 420 g/mol. The second-order valence-corrected chi connectivity index (χ2v) is 9.10. The first-order valence-electron chi connectivity index (χ1n) is 10.9. The van der Waals surface area contributed by atoms with Gasteiger partial charge in [-0.1, -0.05) is 18.2 Å². The maximum atomic E-state index is 12.9. The van der Waals surface area contributed by atoms with Crippen LogP contribution in [0.5, 0.6) is 11.5 Å². The second-order valence-electron chi connectivity index (χ2n) is 8.15.